The van der Waals surface area contributed by atoms with E-state index in [2.05, 4.69) is 117 Å². The third-order valence-electron chi connectivity index (χ3n) is 15.1. The van der Waals surface area contributed by atoms with Crippen LogP contribution in [0.5, 0.6) is 0 Å². The van der Waals surface area contributed by atoms with Crippen molar-refractivity contribution in [1.82, 2.24) is 19.9 Å². The van der Waals surface area contributed by atoms with Crippen molar-refractivity contribution in [3.8, 4) is 22.7 Å². The summed E-state index contributed by atoms with van der Waals surface area (Å²) < 4.78 is 8.19. The molecule has 0 fully saturated rings. The van der Waals surface area contributed by atoms with Crippen LogP contribution in [-0.2, 0) is 70.5 Å². The minimum absolute atomic E-state index is 0. The SMILES string of the molecule is C=CCc1cc[n+](-c2c3nc(c(-[n+]4ccc(CC=C)cc4)c4[n-]c(c(C)c4CCC(=O)[O-])c(-[n+]4ccc(CC=C)cc4)c4nc(c(-[n+]5ccc(CC=C)cc5)c5[n-]c2c(C)c5CC)C(C)=C4CC)C(CCC(=O)[O-])=C3C)cc1.[Ag]. The normalized spacial score (nSPS) is 12.1. The van der Waals surface area contributed by atoms with Crippen LogP contribution in [0.1, 0.15) is 121 Å². The Morgan fingerprint density at radius 2 is 0.785 bits per heavy atom. The van der Waals surface area contributed by atoms with Crippen molar-refractivity contribution in [3.63, 3.8) is 0 Å². The molecule has 0 aromatic carbocycles. The Morgan fingerprint density at radius 1 is 0.468 bits per heavy atom. The second-order valence-corrected chi connectivity index (χ2v) is 19.9. The van der Waals surface area contributed by atoms with Gasteiger partial charge in [0.1, 0.15) is 22.8 Å². The molecule has 0 aliphatic carbocycles. The number of aromatic nitrogens is 8. The van der Waals surface area contributed by atoms with Crippen LogP contribution in [0.2, 0.25) is 0 Å². The summed E-state index contributed by atoms with van der Waals surface area (Å²) in [5, 5.41) is 25.3. The third-order valence-corrected chi connectivity index (χ3v) is 15.1. The first-order valence-corrected chi connectivity index (χ1v) is 26.8. The first kappa shape index (κ1) is 57.0. The molecule has 8 bridgehead atoms. The molecule has 0 saturated carbocycles. The van der Waals surface area contributed by atoms with Gasteiger partial charge in [-0.15, -0.1) is 26.3 Å². The number of nitrogens with zero attached hydrogens (tertiary/aromatic N) is 8. The number of rotatable bonds is 20. The quantitative estimate of drug-likeness (QED) is 0.0421. The van der Waals surface area contributed by atoms with Gasteiger partial charge < -0.3 is 29.8 Å². The molecular formula is C66H66AgN8O4. The van der Waals surface area contributed by atoms with Gasteiger partial charge in [0, 0.05) is 82.8 Å². The minimum Gasteiger partial charge on any atom is -0.646 e. The Bertz CT molecular complexity index is 3810. The van der Waals surface area contributed by atoms with E-state index >= 15 is 0 Å². The first-order chi connectivity index (χ1) is 37.7. The van der Waals surface area contributed by atoms with Gasteiger partial charge in [0.05, 0.1) is 0 Å². The van der Waals surface area contributed by atoms with Crippen LogP contribution in [-0.4, -0.2) is 21.9 Å². The van der Waals surface area contributed by atoms with Gasteiger partial charge in [-0.25, -0.2) is 9.97 Å². The molecule has 0 spiro atoms. The Kier molecular flexibility index (Phi) is 17.8. The van der Waals surface area contributed by atoms with E-state index in [0.29, 0.717) is 100 Å². The molecule has 2 aliphatic rings. The van der Waals surface area contributed by atoms with Gasteiger partial charge in [-0.1, -0.05) is 82.5 Å². The smallest absolute Gasteiger partial charge is 0.222 e. The van der Waals surface area contributed by atoms with E-state index in [1.54, 1.807) is 0 Å². The fourth-order valence-corrected chi connectivity index (χ4v) is 11.0. The molecule has 13 heteroatoms. The van der Waals surface area contributed by atoms with Gasteiger partial charge in [0.15, 0.2) is 49.6 Å². The average Bonchev–Trinajstić information content (AvgIpc) is 4.24. The number of carboxylic acids is 2. The molecule has 1 radical (unpaired) electrons. The Balaban J connectivity index is 0.00000822. The van der Waals surface area contributed by atoms with Crippen molar-refractivity contribution < 1.29 is 60.5 Å². The molecule has 405 valence electrons. The third kappa shape index (κ3) is 11.1. The van der Waals surface area contributed by atoms with Crippen molar-refractivity contribution >= 4 is 56.3 Å². The standard InChI is InChI=1S/C66H66N8O4.Ag/c1-11-17-45-25-33-71(34-26-45)63-55-41(7)49(15-5)59(67-55)64(72-35-27-46(18-12-2)28-36-72)56-42(8)50(16-6)60(68-56)65(73-37-29-47(19-13-3)30-38-73)58-44(10)52(22-24-54(77)78)62(70-58)66(74-39-31-48(20-14-4)32-40-74)61-51(21-23-53(75)76)43(9)57(63)69-61;/h11-14,25-40H,1-4,15-24H2,5-10H3;. The van der Waals surface area contributed by atoms with Crippen molar-refractivity contribution in [2.45, 2.75) is 106 Å². The summed E-state index contributed by atoms with van der Waals surface area (Å²) >= 11 is 0. The molecule has 0 amide bonds. The number of carboxylic acid groups (broad SMARTS) is 2. The number of fused-ring (bicyclic) bond motifs is 8. The maximum atomic E-state index is 12.6. The Labute approximate surface area is 478 Å². The number of hydrogen-bond acceptors (Lipinski definition) is 6. The van der Waals surface area contributed by atoms with E-state index in [1.165, 1.54) is 0 Å². The number of carbonyl (C=O) groups is 2. The summed E-state index contributed by atoms with van der Waals surface area (Å²) in [7, 11) is 0. The summed E-state index contributed by atoms with van der Waals surface area (Å²) in [5.41, 5.74) is 18.9. The molecule has 9 heterocycles. The zero-order valence-electron chi connectivity index (χ0n) is 46.0. The van der Waals surface area contributed by atoms with Gasteiger partial charge >= 0.3 is 0 Å². The van der Waals surface area contributed by atoms with Crippen LogP contribution in [0.25, 0.3) is 67.1 Å². The predicted molar refractivity (Wildman–Crippen MR) is 302 cm³/mol. The molecule has 12 nitrogen and oxygen atoms in total. The molecule has 0 N–H and O–H groups in total. The van der Waals surface area contributed by atoms with Gasteiger partial charge in [-0.2, -0.15) is 18.3 Å². The van der Waals surface area contributed by atoms with E-state index in [1.807, 2.05) is 92.0 Å². The largest absolute Gasteiger partial charge is 0.646 e. The summed E-state index contributed by atoms with van der Waals surface area (Å²) in [5.74, 6) is -2.41. The van der Waals surface area contributed by atoms with Crippen LogP contribution in [0, 0.1) is 13.8 Å². The number of aryl methyl sites for hydroxylation is 4. The van der Waals surface area contributed by atoms with Crippen LogP contribution in [0.4, 0.5) is 0 Å². The Hall–Kier alpha value is -8.16. The molecule has 0 atom stereocenters. The average molecular weight is 1140 g/mol. The zero-order valence-corrected chi connectivity index (χ0v) is 47.4. The van der Waals surface area contributed by atoms with Gasteiger partial charge in [0.25, 0.3) is 0 Å². The van der Waals surface area contributed by atoms with Crippen LogP contribution in [0.3, 0.4) is 0 Å². The van der Waals surface area contributed by atoms with Crippen LogP contribution >= 0.6 is 0 Å². The van der Waals surface area contributed by atoms with E-state index in [-0.39, 0.29) is 48.1 Å². The topological polar surface area (TPSA) is 150 Å². The zero-order chi connectivity index (χ0) is 55.4. The van der Waals surface area contributed by atoms with E-state index in [9.17, 15) is 19.8 Å². The minimum atomic E-state index is -1.21. The number of pyridine rings is 4. The summed E-state index contributed by atoms with van der Waals surface area (Å²) in [6.45, 7) is 28.5. The van der Waals surface area contributed by atoms with E-state index in [4.69, 9.17) is 19.9 Å². The maximum Gasteiger partial charge on any atom is 0.222 e. The molecule has 2 aliphatic heterocycles. The van der Waals surface area contributed by atoms with Crippen molar-refractivity contribution in [2.75, 3.05) is 0 Å². The first-order valence-electron chi connectivity index (χ1n) is 26.8. The number of hydrogen-bond donors (Lipinski definition) is 0. The fraction of sp³-hybridized carbons (Fsp3) is 0.242. The predicted octanol–water partition coefficient (Wildman–Crippen LogP) is 8.25. The monoisotopic (exact) mass is 1140 g/mol. The molecule has 7 aromatic rings. The second-order valence-electron chi connectivity index (χ2n) is 19.9. The van der Waals surface area contributed by atoms with Crippen LogP contribution in [0.15, 0.2) is 149 Å². The van der Waals surface area contributed by atoms with E-state index in [0.717, 1.165) is 72.6 Å². The van der Waals surface area contributed by atoms with Crippen molar-refractivity contribution in [2.24, 2.45) is 0 Å². The number of carbonyl (C=O) groups excluding carboxylic acids is 2. The molecular weight excluding hydrogens is 1080 g/mol. The maximum absolute atomic E-state index is 12.6. The van der Waals surface area contributed by atoms with Crippen molar-refractivity contribution in [3.05, 3.63) is 216 Å². The molecule has 9 rings (SSSR count). The molecule has 79 heavy (non-hydrogen) atoms. The van der Waals surface area contributed by atoms with Gasteiger partial charge in [-0.3, -0.25) is 0 Å². The number of aliphatic carboxylic acids is 2. The van der Waals surface area contributed by atoms with Gasteiger partial charge in [-0.05, 0) is 136 Å². The van der Waals surface area contributed by atoms with E-state index < -0.39 is 11.9 Å². The van der Waals surface area contributed by atoms with Gasteiger partial charge in [0.2, 0.25) is 22.7 Å². The summed E-state index contributed by atoms with van der Waals surface area (Å²) in [6, 6.07) is 16.5. The second kappa shape index (κ2) is 24.7. The van der Waals surface area contributed by atoms with Crippen LogP contribution < -0.4 is 38.4 Å². The molecule has 0 saturated heterocycles. The Morgan fingerprint density at radius 3 is 1.15 bits per heavy atom. The summed E-state index contributed by atoms with van der Waals surface area (Å²) in [6.07, 6.45) is 27.1. The summed E-state index contributed by atoms with van der Waals surface area (Å²) in [4.78, 5) is 48.3. The fourth-order valence-electron chi connectivity index (χ4n) is 11.0. The number of allylic oxidation sites excluding steroid dienone is 8. The molecule has 0 unspecified atom stereocenters. The van der Waals surface area contributed by atoms with Crippen molar-refractivity contribution in [1.29, 1.82) is 0 Å². The molecule has 7 aromatic heterocycles.